The number of hydrogen-bond acceptors (Lipinski definition) is 6. The van der Waals surface area contributed by atoms with Crippen molar-refractivity contribution >= 4 is 58.1 Å². The number of fused-ring (bicyclic) bond motifs is 1. The summed E-state index contributed by atoms with van der Waals surface area (Å²) >= 11 is 6.47. The van der Waals surface area contributed by atoms with E-state index in [9.17, 15) is 34.2 Å². The van der Waals surface area contributed by atoms with Gasteiger partial charge in [0.1, 0.15) is 0 Å². The van der Waals surface area contributed by atoms with Crippen molar-refractivity contribution in [3.63, 3.8) is 0 Å². The van der Waals surface area contributed by atoms with E-state index in [1.165, 1.54) is 30.3 Å². The molecule has 0 radical (unpaired) electrons. The Morgan fingerprint density at radius 1 is 1.12 bits per heavy atom. The molecule has 3 unspecified atom stereocenters. The molecule has 41 heavy (non-hydrogen) atoms. The molecule has 1 aromatic carbocycles. The van der Waals surface area contributed by atoms with E-state index in [2.05, 4.69) is 0 Å². The lowest BCUT2D eigenvalue weighted by Crippen LogP contribution is -2.79. The lowest BCUT2D eigenvalue weighted by Gasteiger charge is -2.49. The Kier molecular flexibility index (Phi) is 7.23. The number of carboxylic acid groups (broad SMARTS) is 2. The number of carbonyl (C=O) groups is 5. The number of hydrogen-bond donors (Lipinski definition) is 5. The van der Waals surface area contributed by atoms with Gasteiger partial charge in [0.25, 0.3) is 11.4 Å². The van der Waals surface area contributed by atoms with E-state index in [0.29, 0.717) is 4.57 Å². The molecule has 1 aliphatic carbocycles. The molecule has 2 heterocycles. The normalized spacial score (nSPS) is 29.4. The van der Waals surface area contributed by atoms with E-state index in [1.807, 2.05) is 0 Å². The number of benzene rings is 1. The summed E-state index contributed by atoms with van der Waals surface area (Å²) < 4.78 is 16.9. The number of carboxylic acids is 1. The first-order chi connectivity index (χ1) is 19.1. The number of primary amides is 3. The first-order valence-electron chi connectivity index (χ1n) is 12.3. The minimum absolute atomic E-state index is 0.0672. The highest BCUT2D eigenvalue weighted by atomic mass is 35.5. The summed E-state index contributed by atoms with van der Waals surface area (Å²) in [5, 5.41) is 20.1. The fourth-order valence-electron chi connectivity index (χ4n) is 6.70. The van der Waals surface area contributed by atoms with Crippen molar-refractivity contribution in [2.75, 3.05) is 27.2 Å². The van der Waals surface area contributed by atoms with Gasteiger partial charge >= 0.3 is 18.1 Å². The Hall–Kier alpha value is -4.27. The molecular formula is C26H29ClFN6O7+. The van der Waals surface area contributed by atoms with Gasteiger partial charge in [-0.1, -0.05) is 30.4 Å². The smallest absolute Gasteiger partial charge is 0.476 e. The largest absolute Gasteiger partial charge is 0.519 e. The molecule has 1 fully saturated rings. The number of likely N-dealkylation sites (tertiary alicyclic amines) is 1. The van der Waals surface area contributed by atoms with Crippen molar-refractivity contribution in [3.8, 4) is 0 Å². The maximum absolute atomic E-state index is 18.0. The van der Waals surface area contributed by atoms with Crippen LogP contribution < -0.4 is 21.7 Å². The minimum atomic E-state index is -3.44. The van der Waals surface area contributed by atoms with E-state index in [0.717, 1.165) is 12.2 Å². The van der Waals surface area contributed by atoms with Crippen molar-refractivity contribution < 1.29 is 38.6 Å². The topological polar surface area (TPSA) is 212 Å². The lowest BCUT2D eigenvalue weighted by atomic mass is 9.68. The van der Waals surface area contributed by atoms with Gasteiger partial charge in [-0.05, 0) is 26.2 Å². The number of aliphatic carboxylic acids is 1. The fourth-order valence-corrected chi connectivity index (χ4v) is 7.08. The second-order valence-electron chi connectivity index (χ2n) is 10.5. The highest BCUT2D eigenvalue weighted by Crippen LogP contribution is 2.59. The van der Waals surface area contributed by atoms with Crippen LogP contribution in [-0.2, 0) is 9.59 Å². The number of para-hydroxylation sites is 1. The Morgan fingerprint density at radius 2 is 1.76 bits per heavy atom. The number of aromatic nitrogens is 1. The van der Waals surface area contributed by atoms with Gasteiger partial charge in [0.2, 0.25) is 11.6 Å². The number of nitrogens with two attached hydrogens (primary N) is 3. The average molecular weight is 592 g/mol. The first-order valence-corrected chi connectivity index (χ1v) is 12.8. The summed E-state index contributed by atoms with van der Waals surface area (Å²) in [6.07, 6.45) is 0.669. The van der Waals surface area contributed by atoms with Crippen LogP contribution in [0.4, 0.5) is 19.7 Å². The summed E-state index contributed by atoms with van der Waals surface area (Å²) in [4.78, 5) is 67.2. The van der Waals surface area contributed by atoms with Crippen LogP contribution >= 0.6 is 11.6 Å². The Bertz CT molecular complexity index is 1570. The third kappa shape index (κ3) is 3.85. The van der Waals surface area contributed by atoms with Gasteiger partial charge in [-0.15, -0.1) is 11.6 Å². The van der Waals surface area contributed by atoms with Crippen molar-refractivity contribution in [1.29, 1.82) is 0 Å². The molecule has 0 bridgehead atoms. The molecule has 8 N–H and O–H groups in total. The number of alkyl halides is 2. The van der Waals surface area contributed by atoms with E-state index in [-0.39, 0.29) is 17.4 Å². The number of rotatable bonds is 7. The third-order valence-electron chi connectivity index (χ3n) is 7.94. The summed E-state index contributed by atoms with van der Waals surface area (Å²) in [5.74, 6) is -5.51. The summed E-state index contributed by atoms with van der Waals surface area (Å²) in [5.41, 5.74) is 7.99. The van der Waals surface area contributed by atoms with Crippen molar-refractivity contribution in [1.82, 2.24) is 14.0 Å². The molecule has 1 aromatic heterocycles. The SMILES string of the molecule is CN(C)C[C@H]1C[C@@](C(=O)O)(C2(F)C(C(N)=O)=CC=CC2Cl)[N+](C(=O)O)(c2c(C(N)=O)n(C(N)=O)c3ccccc23)C1. The van der Waals surface area contributed by atoms with Gasteiger partial charge < -0.3 is 32.3 Å². The maximum atomic E-state index is 18.0. The molecule has 2 aromatic rings. The van der Waals surface area contributed by atoms with Gasteiger partial charge in [-0.2, -0.15) is 9.28 Å². The highest BCUT2D eigenvalue weighted by molar-refractivity contribution is 6.25. The van der Waals surface area contributed by atoms with Crippen molar-refractivity contribution in [2.24, 2.45) is 23.1 Å². The molecular weight excluding hydrogens is 563 g/mol. The van der Waals surface area contributed by atoms with Crippen molar-refractivity contribution in [2.45, 2.75) is 23.0 Å². The predicted molar refractivity (Wildman–Crippen MR) is 147 cm³/mol. The molecule has 1 aliphatic heterocycles. The molecule has 4 amide bonds. The number of nitrogens with zero attached hydrogens (tertiary/aromatic N) is 3. The minimum Gasteiger partial charge on any atom is -0.476 e. The molecule has 4 rings (SSSR count). The first kappa shape index (κ1) is 29.7. The molecule has 5 atom stereocenters. The third-order valence-corrected chi connectivity index (χ3v) is 8.38. The van der Waals surface area contributed by atoms with Crippen LogP contribution in [0.5, 0.6) is 0 Å². The van der Waals surface area contributed by atoms with Crippen LogP contribution in [-0.4, -0.2) is 93.4 Å². The van der Waals surface area contributed by atoms with Crippen LogP contribution in [0.1, 0.15) is 16.9 Å². The van der Waals surface area contributed by atoms with Gasteiger partial charge in [-0.25, -0.2) is 14.0 Å². The average Bonchev–Trinajstić information content (AvgIpc) is 3.40. The van der Waals surface area contributed by atoms with E-state index >= 15 is 4.39 Å². The second kappa shape index (κ2) is 9.98. The Labute approximate surface area is 237 Å². The van der Waals surface area contributed by atoms with E-state index in [4.69, 9.17) is 28.8 Å². The van der Waals surface area contributed by atoms with E-state index < -0.39 is 86.8 Å². The number of amides is 4. The molecule has 218 valence electrons. The van der Waals surface area contributed by atoms with Gasteiger partial charge in [0, 0.05) is 18.9 Å². The molecule has 13 nitrogen and oxygen atoms in total. The molecule has 0 spiro atoms. The number of halogens is 2. The molecule has 15 heteroatoms. The zero-order chi connectivity index (χ0) is 30.7. The molecule has 1 saturated heterocycles. The molecule has 2 aliphatic rings. The van der Waals surface area contributed by atoms with Crippen LogP contribution in [0.3, 0.4) is 0 Å². The van der Waals surface area contributed by atoms with Gasteiger partial charge in [0.05, 0.1) is 28.4 Å². The zero-order valence-corrected chi connectivity index (χ0v) is 22.8. The quantitative estimate of drug-likeness (QED) is 0.233. The van der Waals surface area contributed by atoms with Crippen LogP contribution in [0, 0.1) is 5.92 Å². The highest BCUT2D eigenvalue weighted by Gasteiger charge is 2.82. The summed E-state index contributed by atoms with van der Waals surface area (Å²) in [6, 6.07) is 4.37. The fraction of sp³-hybridized carbons (Fsp3) is 0.346. The van der Waals surface area contributed by atoms with Crippen LogP contribution in [0.15, 0.2) is 48.1 Å². The van der Waals surface area contributed by atoms with Gasteiger partial charge in [-0.3, -0.25) is 14.2 Å². The monoisotopic (exact) mass is 591 g/mol. The molecule has 0 saturated carbocycles. The summed E-state index contributed by atoms with van der Waals surface area (Å²) in [6.45, 7) is -0.519. The Morgan fingerprint density at radius 3 is 2.27 bits per heavy atom. The zero-order valence-electron chi connectivity index (χ0n) is 22.1. The lowest BCUT2D eigenvalue weighted by molar-refractivity contribution is -0.157. The number of carbonyl (C=O) groups excluding carboxylic acids is 3. The predicted octanol–water partition coefficient (Wildman–Crippen LogP) is 1.35. The van der Waals surface area contributed by atoms with Crippen molar-refractivity contribution in [3.05, 3.63) is 53.8 Å². The summed E-state index contributed by atoms with van der Waals surface area (Å²) in [7, 11) is 3.30. The van der Waals surface area contributed by atoms with Crippen LogP contribution in [0.25, 0.3) is 10.9 Å². The van der Waals surface area contributed by atoms with Gasteiger partial charge in [0.15, 0.2) is 11.4 Å². The number of allylic oxidation sites excluding steroid dienone is 3. The van der Waals surface area contributed by atoms with E-state index in [1.54, 1.807) is 19.0 Å². The maximum Gasteiger partial charge on any atom is 0.519 e. The van der Waals surface area contributed by atoms with Crippen LogP contribution in [0.2, 0.25) is 0 Å². The second-order valence-corrected chi connectivity index (χ2v) is 10.9. The number of quaternary nitrogens is 1. The Balaban J connectivity index is 2.31. The standard InChI is InChI=1S/C26H28ClFN6O7/c1-32(2)11-13-10-25(22(37)38,26(28)15(20(29)35)7-5-9-17(26)27)34(12-13,24(40)41)19-14-6-3-4-8-16(14)33(23(31)39)18(19)21(30)36/h3-9,13,17H,10-12H2,1-2H3,(H7-,29,30,31,35,36,37,38,39,40,41)/p+1/t13-,17?,25-,26?,34?/m1/s1.